The Balaban J connectivity index is 1.35. The van der Waals surface area contributed by atoms with Crippen molar-refractivity contribution in [2.24, 2.45) is 5.10 Å². The Morgan fingerprint density at radius 1 is 0.917 bits per heavy atom. The summed E-state index contributed by atoms with van der Waals surface area (Å²) in [5, 5.41) is 7.51. The SMILES string of the molecule is COc1cccc(OCc2cc(/C=N/Nc3ncnc4scc(-c5ccccc5)c34)ccc2OC)c1. The van der Waals surface area contributed by atoms with Gasteiger partial charge in [-0.1, -0.05) is 36.4 Å². The van der Waals surface area contributed by atoms with Crippen molar-refractivity contribution < 1.29 is 14.2 Å². The minimum absolute atomic E-state index is 0.341. The summed E-state index contributed by atoms with van der Waals surface area (Å²) in [5.74, 6) is 2.86. The monoisotopic (exact) mass is 496 g/mol. The number of hydrazone groups is 1. The third-order valence-electron chi connectivity index (χ3n) is 5.58. The van der Waals surface area contributed by atoms with Gasteiger partial charge >= 0.3 is 0 Å². The van der Waals surface area contributed by atoms with Gasteiger partial charge in [-0.25, -0.2) is 9.97 Å². The van der Waals surface area contributed by atoms with Crippen LogP contribution < -0.4 is 19.6 Å². The van der Waals surface area contributed by atoms with Gasteiger partial charge in [-0.05, 0) is 41.5 Å². The number of hydrogen-bond donors (Lipinski definition) is 1. The number of methoxy groups -OCH3 is 2. The molecule has 0 spiro atoms. The summed E-state index contributed by atoms with van der Waals surface area (Å²) in [4.78, 5) is 9.77. The maximum absolute atomic E-state index is 5.96. The van der Waals surface area contributed by atoms with Crippen LogP contribution in [0.15, 0.2) is 89.6 Å². The van der Waals surface area contributed by atoms with E-state index in [2.05, 4.69) is 38.0 Å². The van der Waals surface area contributed by atoms with Crippen LogP contribution in [0.2, 0.25) is 0 Å². The van der Waals surface area contributed by atoms with Gasteiger partial charge in [0.1, 0.15) is 35.0 Å². The zero-order valence-electron chi connectivity index (χ0n) is 19.8. The number of hydrogen-bond acceptors (Lipinski definition) is 8. The highest BCUT2D eigenvalue weighted by Gasteiger charge is 2.12. The Kier molecular flexibility index (Phi) is 7.05. The highest BCUT2D eigenvalue weighted by atomic mass is 32.1. The standard InChI is InChI=1S/C28H24N4O3S/c1-33-22-9-6-10-23(14-22)35-16-21-13-19(11-12-25(21)34-2)15-31-32-27-26-24(20-7-4-3-5-8-20)17-36-28(26)30-18-29-27/h3-15,17-18H,16H2,1-2H3,(H,29,30,32)/b31-15+. The number of benzene rings is 3. The Labute approximate surface area is 213 Å². The second-order valence-electron chi connectivity index (χ2n) is 7.83. The summed E-state index contributed by atoms with van der Waals surface area (Å²) in [7, 11) is 3.28. The summed E-state index contributed by atoms with van der Waals surface area (Å²) >= 11 is 1.59. The molecule has 0 unspecified atom stereocenters. The van der Waals surface area contributed by atoms with E-state index in [1.165, 1.54) is 0 Å². The smallest absolute Gasteiger partial charge is 0.159 e. The van der Waals surface area contributed by atoms with Crippen LogP contribution in [0, 0.1) is 0 Å². The van der Waals surface area contributed by atoms with Crippen molar-refractivity contribution in [2.75, 3.05) is 19.6 Å². The van der Waals surface area contributed by atoms with Crippen LogP contribution in [0.1, 0.15) is 11.1 Å². The molecule has 0 atom stereocenters. The van der Waals surface area contributed by atoms with Gasteiger partial charge in [0, 0.05) is 22.6 Å². The highest BCUT2D eigenvalue weighted by Crippen LogP contribution is 2.36. The first-order chi connectivity index (χ1) is 17.7. The molecule has 0 radical (unpaired) electrons. The number of rotatable bonds is 9. The normalized spacial score (nSPS) is 11.1. The molecule has 180 valence electrons. The second kappa shape index (κ2) is 10.9. The molecule has 7 nitrogen and oxygen atoms in total. The molecule has 0 saturated carbocycles. The third-order valence-corrected chi connectivity index (χ3v) is 6.47. The molecule has 5 rings (SSSR count). The van der Waals surface area contributed by atoms with Crippen LogP contribution in [0.5, 0.6) is 17.2 Å². The lowest BCUT2D eigenvalue weighted by Crippen LogP contribution is -2.01. The molecule has 0 aliphatic heterocycles. The van der Waals surface area contributed by atoms with E-state index in [4.69, 9.17) is 14.2 Å². The Bertz CT molecular complexity index is 1500. The van der Waals surface area contributed by atoms with Crippen LogP contribution in [0.4, 0.5) is 5.82 Å². The minimum atomic E-state index is 0.341. The summed E-state index contributed by atoms with van der Waals surface area (Å²) in [6.07, 6.45) is 3.30. The zero-order chi connectivity index (χ0) is 24.7. The maximum Gasteiger partial charge on any atom is 0.159 e. The van der Waals surface area contributed by atoms with E-state index in [1.54, 1.807) is 38.1 Å². The topological polar surface area (TPSA) is 77.9 Å². The molecule has 2 heterocycles. The first-order valence-electron chi connectivity index (χ1n) is 11.3. The summed E-state index contributed by atoms with van der Waals surface area (Å²) < 4.78 is 16.8. The van der Waals surface area contributed by atoms with Crippen molar-refractivity contribution in [3.8, 4) is 28.4 Å². The number of thiophene rings is 1. The lowest BCUT2D eigenvalue weighted by atomic mass is 10.1. The van der Waals surface area contributed by atoms with E-state index in [0.29, 0.717) is 12.4 Å². The molecule has 0 saturated heterocycles. The number of aromatic nitrogens is 2. The van der Waals surface area contributed by atoms with E-state index >= 15 is 0 Å². The first kappa shape index (κ1) is 23.3. The van der Waals surface area contributed by atoms with Crippen LogP contribution >= 0.6 is 11.3 Å². The predicted octanol–water partition coefficient (Wildman–Crippen LogP) is 6.40. The molecule has 0 bridgehead atoms. The molecule has 36 heavy (non-hydrogen) atoms. The molecule has 1 N–H and O–H groups in total. The number of nitrogens with zero attached hydrogens (tertiary/aromatic N) is 3. The van der Waals surface area contributed by atoms with E-state index < -0.39 is 0 Å². The van der Waals surface area contributed by atoms with Gasteiger partial charge in [-0.2, -0.15) is 5.10 Å². The van der Waals surface area contributed by atoms with Crippen LogP contribution in [-0.4, -0.2) is 30.4 Å². The van der Waals surface area contributed by atoms with Crippen LogP contribution in [0.25, 0.3) is 21.3 Å². The molecule has 0 amide bonds. The highest BCUT2D eigenvalue weighted by molar-refractivity contribution is 7.17. The molecule has 5 aromatic rings. The van der Waals surface area contributed by atoms with Crippen LogP contribution in [-0.2, 0) is 6.61 Å². The van der Waals surface area contributed by atoms with Crippen LogP contribution in [0.3, 0.4) is 0 Å². The number of ether oxygens (including phenoxy) is 3. The molecule has 0 fully saturated rings. The molecule has 8 heteroatoms. The van der Waals surface area contributed by atoms with Crippen molar-refractivity contribution in [3.63, 3.8) is 0 Å². The van der Waals surface area contributed by atoms with Gasteiger partial charge in [0.2, 0.25) is 0 Å². The molecule has 2 aromatic heterocycles. The van der Waals surface area contributed by atoms with Gasteiger partial charge in [0.25, 0.3) is 0 Å². The zero-order valence-corrected chi connectivity index (χ0v) is 20.7. The first-order valence-corrected chi connectivity index (χ1v) is 12.1. The predicted molar refractivity (Wildman–Crippen MR) is 144 cm³/mol. The van der Waals surface area contributed by atoms with Crippen molar-refractivity contribution in [1.82, 2.24) is 9.97 Å². The average molecular weight is 497 g/mol. The van der Waals surface area contributed by atoms with Gasteiger partial charge in [-0.3, -0.25) is 5.43 Å². The molecular weight excluding hydrogens is 472 g/mol. The van der Waals surface area contributed by atoms with Gasteiger partial charge < -0.3 is 14.2 Å². The summed E-state index contributed by atoms with van der Waals surface area (Å²) in [6, 6.07) is 23.5. The quantitative estimate of drug-likeness (QED) is 0.188. The largest absolute Gasteiger partial charge is 0.497 e. The van der Waals surface area contributed by atoms with E-state index in [9.17, 15) is 0 Å². The van der Waals surface area contributed by atoms with Gasteiger partial charge in [0.05, 0.1) is 25.8 Å². The fourth-order valence-corrected chi connectivity index (χ4v) is 4.72. The van der Waals surface area contributed by atoms with Crippen molar-refractivity contribution in [1.29, 1.82) is 0 Å². The Hall–Kier alpha value is -4.43. The van der Waals surface area contributed by atoms with Gasteiger partial charge in [-0.15, -0.1) is 11.3 Å². The van der Waals surface area contributed by atoms with Gasteiger partial charge in [0.15, 0.2) is 5.82 Å². The third kappa shape index (κ3) is 5.13. The maximum atomic E-state index is 5.96. The fraction of sp³-hybridized carbons (Fsp3) is 0.107. The van der Waals surface area contributed by atoms with Crippen molar-refractivity contribution in [2.45, 2.75) is 6.61 Å². The fourth-order valence-electron chi connectivity index (χ4n) is 3.80. The van der Waals surface area contributed by atoms with E-state index in [0.717, 1.165) is 49.7 Å². The summed E-state index contributed by atoms with van der Waals surface area (Å²) in [6.45, 7) is 0.341. The number of fused-ring (bicyclic) bond motifs is 1. The van der Waals surface area contributed by atoms with Crippen molar-refractivity contribution >= 4 is 33.6 Å². The van der Waals surface area contributed by atoms with E-state index in [-0.39, 0.29) is 0 Å². The number of nitrogens with one attached hydrogen (secondary N) is 1. The Morgan fingerprint density at radius 3 is 2.61 bits per heavy atom. The molecular formula is C28H24N4O3S. The lowest BCUT2D eigenvalue weighted by Gasteiger charge is -2.12. The minimum Gasteiger partial charge on any atom is -0.497 e. The number of anilines is 1. The summed E-state index contributed by atoms with van der Waals surface area (Å²) in [5.41, 5.74) is 7.09. The lowest BCUT2D eigenvalue weighted by molar-refractivity contribution is 0.294. The van der Waals surface area contributed by atoms with Crippen molar-refractivity contribution in [3.05, 3.63) is 95.6 Å². The average Bonchev–Trinajstić information content (AvgIpc) is 3.38. The molecule has 0 aliphatic rings. The Morgan fingerprint density at radius 2 is 1.78 bits per heavy atom. The molecule has 3 aromatic carbocycles. The van der Waals surface area contributed by atoms with E-state index in [1.807, 2.05) is 60.7 Å². The second-order valence-corrected chi connectivity index (χ2v) is 8.68. The molecule has 0 aliphatic carbocycles.